The smallest absolute Gasteiger partial charge is 0.131 e. The molecule has 92 valence electrons. The number of piperidine rings is 1. The highest BCUT2D eigenvalue weighted by Crippen LogP contribution is 2.20. The van der Waals surface area contributed by atoms with E-state index in [1.807, 2.05) is 12.1 Å². The third-order valence-electron chi connectivity index (χ3n) is 2.61. The van der Waals surface area contributed by atoms with E-state index < -0.39 is 0 Å². The minimum absolute atomic E-state index is 0. The summed E-state index contributed by atoms with van der Waals surface area (Å²) in [7, 11) is 0. The number of pyridine rings is 1. The molecule has 0 radical (unpaired) electrons. The van der Waals surface area contributed by atoms with E-state index in [-0.39, 0.29) is 24.8 Å². The Morgan fingerprint density at radius 1 is 1.31 bits per heavy atom. The molecule has 0 unspecified atom stereocenters. The van der Waals surface area contributed by atoms with Gasteiger partial charge in [-0.25, -0.2) is 4.98 Å². The van der Waals surface area contributed by atoms with Crippen molar-refractivity contribution in [3.8, 4) is 0 Å². The fourth-order valence-corrected chi connectivity index (χ4v) is 1.91. The maximum Gasteiger partial charge on any atom is 0.131 e. The molecule has 0 bridgehead atoms. The second-order valence-corrected chi connectivity index (χ2v) is 4.05. The molecule has 0 spiro atoms. The zero-order chi connectivity index (χ0) is 9.97. The normalized spacial score (nSPS) is 16.2. The molecular formula is C10H16Cl3N3. The van der Waals surface area contributed by atoms with Crippen molar-refractivity contribution in [3.63, 3.8) is 0 Å². The van der Waals surface area contributed by atoms with E-state index in [9.17, 15) is 0 Å². The van der Waals surface area contributed by atoms with Gasteiger partial charge in [0, 0.05) is 31.0 Å². The third kappa shape index (κ3) is 3.98. The highest BCUT2D eigenvalue weighted by atomic mass is 35.5. The van der Waals surface area contributed by atoms with Gasteiger partial charge in [-0.2, -0.15) is 0 Å². The first-order valence-corrected chi connectivity index (χ1v) is 5.25. The van der Waals surface area contributed by atoms with Gasteiger partial charge in [-0.1, -0.05) is 11.6 Å². The van der Waals surface area contributed by atoms with Gasteiger partial charge in [-0.3, -0.25) is 0 Å². The zero-order valence-electron chi connectivity index (χ0n) is 8.80. The third-order valence-corrected chi connectivity index (χ3v) is 2.82. The lowest BCUT2D eigenvalue weighted by molar-refractivity contribution is 0.501. The first kappa shape index (κ1) is 15.8. The maximum atomic E-state index is 5.84. The average molecular weight is 285 g/mol. The molecule has 1 aliphatic heterocycles. The van der Waals surface area contributed by atoms with Crippen molar-refractivity contribution in [3.05, 3.63) is 23.5 Å². The van der Waals surface area contributed by atoms with E-state index in [2.05, 4.69) is 9.88 Å². The SMILES string of the molecule is Cl.Cl.NC1CCN(c2ccnc(Cl)c2)CC1. The van der Waals surface area contributed by atoms with Crippen LogP contribution in [0.25, 0.3) is 0 Å². The Hall–Kier alpha value is -0.220. The molecule has 1 aliphatic rings. The molecule has 1 fully saturated rings. The van der Waals surface area contributed by atoms with Crippen LogP contribution in [0.15, 0.2) is 18.3 Å². The number of nitrogens with two attached hydrogens (primary N) is 1. The first-order valence-electron chi connectivity index (χ1n) is 4.88. The van der Waals surface area contributed by atoms with Gasteiger partial charge < -0.3 is 10.6 Å². The Bertz CT molecular complexity index is 314. The number of rotatable bonds is 1. The van der Waals surface area contributed by atoms with Crippen molar-refractivity contribution in [1.29, 1.82) is 0 Å². The molecule has 3 nitrogen and oxygen atoms in total. The molecule has 0 saturated carbocycles. The molecule has 16 heavy (non-hydrogen) atoms. The van der Waals surface area contributed by atoms with Crippen LogP contribution < -0.4 is 10.6 Å². The van der Waals surface area contributed by atoms with Crippen LogP contribution in [0.4, 0.5) is 5.69 Å². The molecule has 2 N–H and O–H groups in total. The van der Waals surface area contributed by atoms with Crippen LogP contribution >= 0.6 is 36.4 Å². The topological polar surface area (TPSA) is 42.1 Å². The van der Waals surface area contributed by atoms with Gasteiger partial charge in [0.1, 0.15) is 5.15 Å². The molecular weight excluding hydrogens is 268 g/mol. The number of anilines is 1. The molecule has 0 atom stereocenters. The molecule has 0 aliphatic carbocycles. The molecule has 2 rings (SSSR count). The van der Waals surface area contributed by atoms with Crippen LogP contribution in [0.2, 0.25) is 5.15 Å². The van der Waals surface area contributed by atoms with E-state index in [1.165, 1.54) is 0 Å². The summed E-state index contributed by atoms with van der Waals surface area (Å²) in [5.41, 5.74) is 6.99. The summed E-state index contributed by atoms with van der Waals surface area (Å²) in [6.07, 6.45) is 3.85. The van der Waals surface area contributed by atoms with Crippen LogP contribution in [0.5, 0.6) is 0 Å². The van der Waals surface area contributed by atoms with Crippen LogP contribution in [0.3, 0.4) is 0 Å². The standard InChI is InChI=1S/C10H14ClN3.2ClH/c11-10-7-9(1-4-13-10)14-5-2-8(12)3-6-14;;/h1,4,7-8H,2-3,5-6,12H2;2*1H. The van der Waals surface area contributed by atoms with E-state index >= 15 is 0 Å². The van der Waals surface area contributed by atoms with Crippen molar-refractivity contribution in [2.75, 3.05) is 18.0 Å². The van der Waals surface area contributed by atoms with Crippen molar-refractivity contribution < 1.29 is 0 Å². The van der Waals surface area contributed by atoms with Gasteiger partial charge in [-0.15, -0.1) is 24.8 Å². The molecule has 1 saturated heterocycles. The van der Waals surface area contributed by atoms with Crippen LogP contribution in [-0.2, 0) is 0 Å². The predicted molar refractivity (Wildman–Crippen MR) is 73.2 cm³/mol. The Labute approximate surface area is 113 Å². The molecule has 1 aromatic heterocycles. The molecule has 6 heteroatoms. The lowest BCUT2D eigenvalue weighted by Crippen LogP contribution is -2.39. The second kappa shape index (κ2) is 7.17. The highest BCUT2D eigenvalue weighted by molar-refractivity contribution is 6.29. The fourth-order valence-electron chi connectivity index (χ4n) is 1.75. The maximum absolute atomic E-state index is 5.84. The average Bonchev–Trinajstić information content (AvgIpc) is 2.19. The van der Waals surface area contributed by atoms with Crippen molar-refractivity contribution in [2.24, 2.45) is 5.73 Å². The summed E-state index contributed by atoms with van der Waals surface area (Å²) in [6, 6.07) is 4.25. The number of halogens is 3. The lowest BCUT2D eigenvalue weighted by atomic mass is 10.1. The highest BCUT2D eigenvalue weighted by Gasteiger charge is 2.16. The summed E-state index contributed by atoms with van der Waals surface area (Å²) < 4.78 is 0. The van der Waals surface area contributed by atoms with Gasteiger partial charge in [0.15, 0.2) is 0 Å². The van der Waals surface area contributed by atoms with E-state index in [0.717, 1.165) is 31.6 Å². The van der Waals surface area contributed by atoms with Gasteiger partial charge in [-0.05, 0) is 25.0 Å². The number of hydrogen-bond acceptors (Lipinski definition) is 3. The quantitative estimate of drug-likeness (QED) is 0.806. The number of hydrogen-bond donors (Lipinski definition) is 1. The minimum atomic E-state index is 0. The number of aromatic nitrogens is 1. The Morgan fingerprint density at radius 3 is 2.50 bits per heavy atom. The molecule has 0 aromatic carbocycles. The van der Waals surface area contributed by atoms with Crippen molar-refractivity contribution in [2.45, 2.75) is 18.9 Å². The predicted octanol–water partition coefficient (Wildman–Crippen LogP) is 2.51. The zero-order valence-corrected chi connectivity index (χ0v) is 11.2. The molecule has 0 amide bonds. The summed E-state index contributed by atoms with van der Waals surface area (Å²) in [5.74, 6) is 0. The van der Waals surface area contributed by atoms with E-state index in [1.54, 1.807) is 6.20 Å². The fraction of sp³-hybridized carbons (Fsp3) is 0.500. The Kier molecular flexibility index (Phi) is 7.07. The van der Waals surface area contributed by atoms with Crippen LogP contribution in [-0.4, -0.2) is 24.1 Å². The monoisotopic (exact) mass is 283 g/mol. The lowest BCUT2D eigenvalue weighted by Gasteiger charge is -2.31. The summed E-state index contributed by atoms with van der Waals surface area (Å²) in [4.78, 5) is 6.27. The van der Waals surface area contributed by atoms with Crippen molar-refractivity contribution >= 4 is 42.1 Å². The van der Waals surface area contributed by atoms with E-state index in [4.69, 9.17) is 17.3 Å². The Morgan fingerprint density at radius 2 is 1.94 bits per heavy atom. The second-order valence-electron chi connectivity index (χ2n) is 3.66. The largest absolute Gasteiger partial charge is 0.371 e. The van der Waals surface area contributed by atoms with Gasteiger partial charge in [0.05, 0.1) is 0 Å². The number of nitrogens with zero attached hydrogens (tertiary/aromatic N) is 2. The Balaban J connectivity index is 0.00000112. The molecule has 2 heterocycles. The summed E-state index contributed by atoms with van der Waals surface area (Å²) >= 11 is 5.83. The summed E-state index contributed by atoms with van der Waals surface area (Å²) in [5, 5.41) is 0.553. The first-order chi connectivity index (χ1) is 6.75. The van der Waals surface area contributed by atoms with Gasteiger partial charge in [0.2, 0.25) is 0 Å². The van der Waals surface area contributed by atoms with E-state index in [0.29, 0.717) is 11.2 Å². The van der Waals surface area contributed by atoms with Crippen LogP contribution in [0, 0.1) is 0 Å². The molecule has 1 aromatic rings. The van der Waals surface area contributed by atoms with Gasteiger partial charge >= 0.3 is 0 Å². The van der Waals surface area contributed by atoms with Crippen LogP contribution in [0.1, 0.15) is 12.8 Å². The van der Waals surface area contributed by atoms with Crippen molar-refractivity contribution in [1.82, 2.24) is 4.98 Å². The van der Waals surface area contributed by atoms with Gasteiger partial charge in [0.25, 0.3) is 0 Å². The minimum Gasteiger partial charge on any atom is -0.371 e. The summed E-state index contributed by atoms with van der Waals surface area (Å²) in [6.45, 7) is 2.03.